The number of aromatic amines is 1. The fourth-order valence-electron chi connectivity index (χ4n) is 4.61. The lowest BCUT2D eigenvalue weighted by Crippen LogP contribution is -2.57. The molecule has 1 aromatic carbocycles. The van der Waals surface area contributed by atoms with Crippen molar-refractivity contribution in [2.75, 3.05) is 26.4 Å². The first kappa shape index (κ1) is 18.9. The number of benzene rings is 1. The molecule has 158 valence electrons. The van der Waals surface area contributed by atoms with Crippen molar-refractivity contribution < 1.29 is 19.1 Å². The lowest BCUT2D eigenvalue weighted by Gasteiger charge is -2.44. The summed E-state index contributed by atoms with van der Waals surface area (Å²) in [7, 11) is 0. The summed E-state index contributed by atoms with van der Waals surface area (Å²) in [4.78, 5) is 35.1. The van der Waals surface area contributed by atoms with Gasteiger partial charge in [-0.25, -0.2) is 4.98 Å². The van der Waals surface area contributed by atoms with Crippen LogP contribution in [-0.2, 0) is 16.8 Å². The predicted octanol–water partition coefficient (Wildman–Crippen LogP) is 0.920. The maximum absolute atomic E-state index is 12.9. The highest BCUT2D eigenvalue weighted by Gasteiger charge is 2.42. The Hall–Kier alpha value is -3.07. The van der Waals surface area contributed by atoms with E-state index < -0.39 is 6.04 Å². The van der Waals surface area contributed by atoms with Crippen LogP contribution in [0.1, 0.15) is 41.5 Å². The van der Waals surface area contributed by atoms with Crippen LogP contribution in [0.3, 0.4) is 0 Å². The summed E-state index contributed by atoms with van der Waals surface area (Å²) in [6.07, 6.45) is 4.31. The van der Waals surface area contributed by atoms with E-state index in [-0.39, 0.29) is 24.1 Å². The molecule has 4 heterocycles. The van der Waals surface area contributed by atoms with E-state index in [1.165, 1.54) is 5.69 Å². The average Bonchev–Trinajstić information content (AvgIpc) is 3.43. The van der Waals surface area contributed by atoms with Gasteiger partial charge in [0.1, 0.15) is 6.04 Å². The number of aromatic nitrogens is 2. The zero-order chi connectivity index (χ0) is 20.7. The van der Waals surface area contributed by atoms with Crippen molar-refractivity contribution in [2.45, 2.75) is 37.8 Å². The summed E-state index contributed by atoms with van der Waals surface area (Å²) in [6.45, 7) is 4.04. The number of amides is 2. The third-order valence-electron chi connectivity index (χ3n) is 6.29. The molecule has 1 saturated heterocycles. The molecule has 0 bridgehead atoms. The Balaban J connectivity index is 1.20. The summed E-state index contributed by atoms with van der Waals surface area (Å²) in [5, 5.41) is 6.43. The molecule has 30 heavy (non-hydrogen) atoms. The molecule has 9 heteroatoms. The van der Waals surface area contributed by atoms with Crippen molar-refractivity contribution in [3.8, 4) is 11.5 Å². The number of carbonyl (C=O) groups is 2. The van der Waals surface area contributed by atoms with Gasteiger partial charge in [0, 0.05) is 37.3 Å². The topological polar surface area (TPSA) is 109 Å². The van der Waals surface area contributed by atoms with E-state index in [1.54, 1.807) is 31.5 Å². The fourth-order valence-corrected chi connectivity index (χ4v) is 4.61. The number of ether oxygens (including phenoxy) is 2. The fraction of sp³-hybridized carbons (Fsp3) is 0.476. The first-order valence-electron chi connectivity index (χ1n) is 10.3. The highest BCUT2D eigenvalue weighted by atomic mass is 16.7. The van der Waals surface area contributed by atoms with Gasteiger partial charge >= 0.3 is 0 Å². The lowest BCUT2D eigenvalue weighted by molar-refractivity contribution is -0.134. The molecule has 0 saturated carbocycles. The van der Waals surface area contributed by atoms with E-state index in [2.05, 4.69) is 20.6 Å². The van der Waals surface area contributed by atoms with Crippen LogP contribution < -0.4 is 20.1 Å². The Morgan fingerprint density at radius 3 is 2.87 bits per heavy atom. The molecule has 2 aromatic rings. The number of hydrogen-bond donors (Lipinski definition) is 3. The molecule has 1 aromatic heterocycles. The predicted molar refractivity (Wildman–Crippen MR) is 107 cm³/mol. The number of H-pyrrole nitrogens is 1. The van der Waals surface area contributed by atoms with E-state index in [1.807, 2.05) is 4.90 Å². The number of fused-ring (bicyclic) bond motifs is 3. The quantitative estimate of drug-likeness (QED) is 0.693. The lowest BCUT2D eigenvalue weighted by atomic mass is 9.80. The van der Waals surface area contributed by atoms with E-state index in [0.717, 1.165) is 31.5 Å². The Morgan fingerprint density at radius 1 is 1.23 bits per heavy atom. The van der Waals surface area contributed by atoms with Crippen molar-refractivity contribution in [1.29, 1.82) is 0 Å². The van der Waals surface area contributed by atoms with Crippen LogP contribution in [0.4, 0.5) is 0 Å². The maximum atomic E-state index is 12.9. The van der Waals surface area contributed by atoms with Crippen LogP contribution in [0.5, 0.6) is 11.5 Å². The molecule has 3 aliphatic heterocycles. The minimum atomic E-state index is -0.614. The number of likely N-dealkylation sites (tertiary alicyclic amines) is 1. The molecule has 3 aliphatic rings. The molecule has 3 N–H and O–H groups in total. The van der Waals surface area contributed by atoms with Gasteiger partial charge in [0.05, 0.1) is 17.6 Å². The monoisotopic (exact) mass is 411 g/mol. The Kier molecular flexibility index (Phi) is 4.62. The molecular formula is C21H25N5O4. The van der Waals surface area contributed by atoms with Gasteiger partial charge in [0.25, 0.3) is 5.91 Å². The maximum Gasteiger partial charge on any atom is 0.252 e. The number of piperidine rings is 1. The Labute approximate surface area is 174 Å². The molecule has 0 radical (unpaired) electrons. The second kappa shape index (κ2) is 7.32. The first-order valence-corrected chi connectivity index (χ1v) is 10.3. The van der Waals surface area contributed by atoms with Crippen molar-refractivity contribution >= 4 is 11.8 Å². The molecule has 1 spiro atoms. The Morgan fingerprint density at radius 2 is 2.03 bits per heavy atom. The highest BCUT2D eigenvalue weighted by Crippen LogP contribution is 2.36. The van der Waals surface area contributed by atoms with Gasteiger partial charge in [0.15, 0.2) is 11.5 Å². The molecule has 0 aliphatic carbocycles. The van der Waals surface area contributed by atoms with E-state index in [4.69, 9.17) is 9.47 Å². The van der Waals surface area contributed by atoms with Crippen LogP contribution in [0, 0.1) is 0 Å². The molecule has 9 nitrogen and oxygen atoms in total. The molecule has 2 amide bonds. The number of nitrogens with one attached hydrogen (secondary N) is 3. The molecule has 1 atom stereocenters. The van der Waals surface area contributed by atoms with Crippen molar-refractivity contribution in [3.63, 3.8) is 0 Å². The van der Waals surface area contributed by atoms with E-state index >= 15 is 0 Å². The zero-order valence-corrected chi connectivity index (χ0v) is 16.9. The SMILES string of the molecule is CC(NC(=O)c1ccc2c(c1)OCO2)C(=O)N1CCC2(CC1)NCCc1[nH]cnc12. The third kappa shape index (κ3) is 3.19. The van der Waals surface area contributed by atoms with Gasteiger partial charge in [-0.1, -0.05) is 0 Å². The van der Waals surface area contributed by atoms with Crippen LogP contribution in [0.15, 0.2) is 24.5 Å². The number of imidazole rings is 1. The van der Waals surface area contributed by atoms with E-state index in [0.29, 0.717) is 30.2 Å². The van der Waals surface area contributed by atoms with Crippen LogP contribution in [0.2, 0.25) is 0 Å². The van der Waals surface area contributed by atoms with Gasteiger partial charge < -0.3 is 30.0 Å². The van der Waals surface area contributed by atoms with Gasteiger partial charge in [-0.05, 0) is 38.0 Å². The Bertz CT molecular complexity index is 980. The summed E-state index contributed by atoms with van der Waals surface area (Å²) in [5.74, 6) is 0.782. The van der Waals surface area contributed by atoms with Crippen molar-refractivity contribution in [2.24, 2.45) is 0 Å². The second-order valence-corrected chi connectivity index (χ2v) is 8.08. The largest absolute Gasteiger partial charge is 0.454 e. The normalized spacial score (nSPS) is 20.0. The van der Waals surface area contributed by atoms with Gasteiger partial charge in [0.2, 0.25) is 12.7 Å². The number of rotatable bonds is 3. The van der Waals surface area contributed by atoms with Crippen LogP contribution in [0.25, 0.3) is 0 Å². The number of nitrogens with zero attached hydrogens (tertiary/aromatic N) is 2. The van der Waals surface area contributed by atoms with Crippen molar-refractivity contribution in [1.82, 2.24) is 25.5 Å². The van der Waals surface area contributed by atoms with Crippen molar-refractivity contribution in [3.05, 3.63) is 41.5 Å². The minimum absolute atomic E-state index is 0.0722. The van der Waals surface area contributed by atoms with Gasteiger partial charge in [-0.3, -0.25) is 9.59 Å². The molecular weight excluding hydrogens is 386 g/mol. The third-order valence-corrected chi connectivity index (χ3v) is 6.29. The molecule has 1 unspecified atom stereocenters. The zero-order valence-electron chi connectivity index (χ0n) is 16.9. The number of hydrogen-bond acceptors (Lipinski definition) is 6. The smallest absolute Gasteiger partial charge is 0.252 e. The number of carbonyl (C=O) groups excluding carboxylic acids is 2. The second-order valence-electron chi connectivity index (χ2n) is 8.08. The summed E-state index contributed by atoms with van der Waals surface area (Å²) in [6, 6.07) is 4.39. The first-order chi connectivity index (χ1) is 14.6. The minimum Gasteiger partial charge on any atom is -0.454 e. The summed E-state index contributed by atoms with van der Waals surface area (Å²) < 4.78 is 10.6. The molecule has 5 rings (SSSR count). The summed E-state index contributed by atoms with van der Waals surface area (Å²) in [5.41, 5.74) is 2.56. The molecule has 1 fully saturated rings. The van der Waals surface area contributed by atoms with Gasteiger partial charge in [-0.2, -0.15) is 0 Å². The standard InChI is InChI=1S/C21H25N5O4/c1-13(25-19(27)14-2-3-16-17(10-14)30-12-29-16)20(28)26-8-5-21(6-9-26)18-15(4-7-24-21)22-11-23-18/h2-3,10-11,13,24H,4-9,12H2,1H3,(H,22,23)(H,25,27). The van der Waals surface area contributed by atoms with E-state index in [9.17, 15) is 9.59 Å². The average molecular weight is 411 g/mol. The van der Waals surface area contributed by atoms with Gasteiger partial charge in [-0.15, -0.1) is 0 Å². The van der Waals surface area contributed by atoms with Crippen LogP contribution >= 0.6 is 0 Å². The van der Waals surface area contributed by atoms with Crippen LogP contribution in [-0.4, -0.2) is 59.2 Å². The summed E-state index contributed by atoms with van der Waals surface area (Å²) >= 11 is 0. The highest BCUT2D eigenvalue weighted by molar-refractivity contribution is 5.98.